The normalized spacial score (nSPS) is 14.5. The zero-order valence-electron chi connectivity index (χ0n) is 15.4. The van der Waals surface area contributed by atoms with E-state index >= 15 is 0 Å². The molecule has 1 atom stereocenters. The first-order valence-corrected chi connectivity index (χ1v) is 9.19. The molecule has 132 valence electrons. The molecule has 1 aliphatic rings. The number of carbonyl (C=O) groups excluding carboxylic acids is 1. The minimum Gasteiger partial charge on any atom is -0.496 e. The molecule has 0 fully saturated rings. The van der Waals surface area contributed by atoms with E-state index in [2.05, 4.69) is 30.4 Å². The van der Waals surface area contributed by atoms with Crippen molar-refractivity contribution in [1.82, 2.24) is 5.32 Å². The molecule has 3 heteroatoms. The van der Waals surface area contributed by atoms with Crippen molar-refractivity contribution in [3.8, 4) is 5.75 Å². The Hall–Kier alpha value is -2.29. The highest BCUT2D eigenvalue weighted by atomic mass is 16.5. The van der Waals surface area contributed by atoms with E-state index in [-0.39, 0.29) is 11.9 Å². The lowest BCUT2D eigenvalue weighted by Gasteiger charge is -2.22. The van der Waals surface area contributed by atoms with Gasteiger partial charge in [-0.05, 0) is 79.5 Å². The number of rotatable bonds is 5. The molecular formula is C22H27NO2. The van der Waals surface area contributed by atoms with Gasteiger partial charge in [-0.2, -0.15) is 0 Å². The van der Waals surface area contributed by atoms with Crippen LogP contribution in [0.5, 0.6) is 5.75 Å². The topological polar surface area (TPSA) is 38.3 Å². The van der Waals surface area contributed by atoms with E-state index in [0.29, 0.717) is 5.56 Å². The summed E-state index contributed by atoms with van der Waals surface area (Å²) in [6.07, 6.45) is 5.77. The monoisotopic (exact) mass is 337 g/mol. The number of amides is 1. The Balaban J connectivity index is 1.77. The number of aryl methyl sites for hydroxylation is 3. The van der Waals surface area contributed by atoms with Gasteiger partial charge in [-0.15, -0.1) is 0 Å². The molecule has 3 rings (SSSR count). The first-order chi connectivity index (χ1) is 12.1. The fraction of sp³-hybridized carbons (Fsp3) is 0.409. The Labute approximate surface area is 150 Å². The van der Waals surface area contributed by atoms with Crippen molar-refractivity contribution in [2.75, 3.05) is 7.11 Å². The third-order valence-corrected chi connectivity index (χ3v) is 5.15. The lowest BCUT2D eigenvalue weighted by Crippen LogP contribution is -2.28. The van der Waals surface area contributed by atoms with Crippen LogP contribution in [-0.2, 0) is 12.8 Å². The Bertz CT molecular complexity index is 767. The largest absolute Gasteiger partial charge is 0.496 e. The molecule has 0 saturated heterocycles. The maximum Gasteiger partial charge on any atom is 0.251 e. The summed E-state index contributed by atoms with van der Waals surface area (Å²) in [5.41, 5.74) is 5.78. The lowest BCUT2D eigenvalue weighted by molar-refractivity contribution is 0.0935. The molecule has 1 aliphatic carbocycles. The van der Waals surface area contributed by atoms with Gasteiger partial charge in [0.2, 0.25) is 0 Å². The number of carbonyl (C=O) groups is 1. The summed E-state index contributed by atoms with van der Waals surface area (Å²) >= 11 is 0. The van der Waals surface area contributed by atoms with E-state index < -0.39 is 0 Å². The quantitative estimate of drug-likeness (QED) is 0.854. The van der Waals surface area contributed by atoms with Crippen molar-refractivity contribution in [3.63, 3.8) is 0 Å². The lowest BCUT2D eigenvalue weighted by atomic mass is 9.88. The maximum atomic E-state index is 12.7. The van der Waals surface area contributed by atoms with Gasteiger partial charge in [-0.1, -0.05) is 25.1 Å². The zero-order chi connectivity index (χ0) is 17.8. The third kappa shape index (κ3) is 3.87. The van der Waals surface area contributed by atoms with E-state index in [0.717, 1.165) is 24.2 Å². The standard InChI is InChI=1S/C22H27NO2/c1-4-20(18-10-9-16-7-5-6-8-17(16)14-18)23-22(24)19-11-12-21(25-3)15(2)13-19/h9-14,20H,4-8H2,1-3H3,(H,23,24). The molecule has 2 aromatic carbocycles. The number of nitrogens with one attached hydrogen (secondary N) is 1. The minimum atomic E-state index is -0.0321. The number of ether oxygens (including phenoxy) is 1. The number of hydrogen-bond donors (Lipinski definition) is 1. The summed E-state index contributed by atoms with van der Waals surface area (Å²) in [6, 6.07) is 12.3. The average Bonchev–Trinajstić information content (AvgIpc) is 2.65. The number of hydrogen-bond acceptors (Lipinski definition) is 2. The Morgan fingerprint density at radius 2 is 1.88 bits per heavy atom. The van der Waals surface area contributed by atoms with Gasteiger partial charge in [-0.25, -0.2) is 0 Å². The second-order valence-corrected chi connectivity index (χ2v) is 6.85. The smallest absolute Gasteiger partial charge is 0.251 e. The molecule has 0 heterocycles. The van der Waals surface area contributed by atoms with Crippen LogP contribution < -0.4 is 10.1 Å². The molecule has 25 heavy (non-hydrogen) atoms. The number of methoxy groups -OCH3 is 1. The van der Waals surface area contributed by atoms with Gasteiger partial charge < -0.3 is 10.1 Å². The molecule has 0 aliphatic heterocycles. The Morgan fingerprint density at radius 1 is 1.12 bits per heavy atom. The average molecular weight is 337 g/mol. The van der Waals surface area contributed by atoms with Crippen LogP contribution in [0.25, 0.3) is 0 Å². The Kier molecular flexibility index (Phi) is 5.42. The van der Waals surface area contributed by atoms with Crippen LogP contribution in [-0.4, -0.2) is 13.0 Å². The molecule has 3 nitrogen and oxygen atoms in total. The van der Waals surface area contributed by atoms with Crippen molar-refractivity contribution in [2.45, 2.75) is 52.0 Å². The van der Waals surface area contributed by atoms with Crippen LogP contribution in [0.4, 0.5) is 0 Å². The summed E-state index contributed by atoms with van der Waals surface area (Å²) in [5.74, 6) is 0.772. The van der Waals surface area contributed by atoms with Crippen LogP contribution >= 0.6 is 0 Å². The fourth-order valence-electron chi connectivity index (χ4n) is 3.65. The van der Waals surface area contributed by atoms with Crippen LogP contribution in [0, 0.1) is 6.92 Å². The van der Waals surface area contributed by atoms with Gasteiger partial charge in [0.25, 0.3) is 5.91 Å². The van der Waals surface area contributed by atoms with E-state index in [1.807, 2.05) is 25.1 Å². The van der Waals surface area contributed by atoms with Gasteiger partial charge in [0.15, 0.2) is 0 Å². The third-order valence-electron chi connectivity index (χ3n) is 5.15. The predicted octanol–water partition coefficient (Wildman–Crippen LogP) is 4.76. The zero-order valence-corrected chi connectivity index (χ0v) is 15.4. The molecule has 0 saturated carbocycles. The summed E-state index contributed by atoms with van der Waals surface area (Å²) in [4.78, 5) is 12.7. The molecule has 0 radical (unpaired) electrons. The van der Waals surface area contributed by atoms with Crippen LogP contribution in [0.2, 0.25) is 0 Å². The number of fused-ring (bicyclic) bond motifs is 1. The molecule has 2 aromatic rings. The van der Waals surface area contributed by atoms with Crippen molar-refractivity contribution in [1.29, 1.82) is 0 Å². The molecule has 0 spiro atoms. The molecule has 0 aromatic heterocycles. The molecule has 1 N–H and O–H groups in total. The second-order valence-electron chi connectivity index (χ2n) is 6.85. The predicted molar refractivity (Wildman–Crippen MR) is 101 cm³/mol. The molecule has 0 bridgehead atoms. The Morgan fingerprint density at radius 3 is 2.56 bits per heavy atom. The summed E-state index contributed by atoms with van der Waals surface area (Å²) < 4.78 is 5.27. The number of benzene rings is 2. The summed E-state index contributed by atoms with van der Waals surface area (Å²) in [5, 5.41) is 3.19. The van der Waals surface area contributed by atoms with Crippen molar-refractivity contribution in [2.24, 2.45) is 0 Å². The van der Waals surface area contributed by atoms with E-state index in [9.17, 15) is 4.79 Å². The first kappa shape index (κ1) is 17.5. The van der Waals surface area contributed by atoms with E-state index in [1.165, 1.54) is 36.0 Å². The summed E-state index contributed by atoms with van der Waals surface area (Å²) in [7, 11) is 1.64. The molecule has 1 amide bonds. The fourth-order valence-corrected chi connectivity index (χ4v) is 3.65. The van der Waals surface area contributed by atoms with Gasteiger partial charge in [-0.3, -0.25) is 4.79 Å². The van der Waals surface area contributed by atoms with Gasteiger partial charge >= 0.3 is 0 Å². The van der Waals surface area contributed by atoms with E-state index in [1.54, 1.807) is 7.11 Å². The van der Waals surface area contributed by atoms with Crippen molar-refractivity contribution < 1.29 is 9.53 Å². The van der Waals surface area contributed by atoms with Gasteiger partial charge in [0, 0.05) is 5.56 Å². The van der Waals surface area contributed by atoms with Crippen LogP contribution in [0.1, 0.15) is 64.8 Å². The van der Waals surface area contributed by atoms with Crippen LogP contribution in [0.15, 0.2) is 36.4 Å². The van der Waals surface area contributed by atoms with Gasteiger partial charge in [0.1, 0.15) is 5.75 Å². The molecular weight excluding hydrogens is 310 g/mol. The highest BCUT2D eigenvalue weighted by Gasteiger charge is 2.17. The highest BCUT2D eigenvalue weighted by Crippen LogP contribution is 2.26. The van der Waals surface area contributed by atoms with Crippen molar-refractivity contribution in [3.05, 3.63) is 64.2 Å². The van der Waals surface area contributed by atoms with Crippen molar-refractivity contribution >= 4 is 5.91 Å². The molecule has 1 unspecified atom stereocenters. The highest BCUT2D eigenvalue weighted by molar-refractivity contribution is 5.94. The maximum absolute atomic E-state index is 12.7. The van der Waals surface area contributed by atoms with Gasteiger partial charge in [0.05, 0.1) is 13.2 Å². The summed E-state index contributed by atoms with van der Waals surface area (Å²) in [6.45, 7) is 4.07. The minimum absolute atomic E-state index is 0.0321. The SMILES string of the molecule is CCC(NC(=O)c1ccc(OC)c(C)c1)c1ccc2c(c1)CCCC2. The first-order valence-electron chi connectivity index (χ1n) is 9.19. The van der Waals surface area contributed by atoms with E-state index in [4.69, 9.17) is 4.74 Å². The van der Waals surface area contributed by atoms with Crippen LogP contribution in [0.3, 0.4) is 0 Å². The second kappa shape index (κ2) is 7.73.